The Morgan fingerprint density at radius 3 is 2.95 bits per heavy atom. The van der Waals surface area contributed by atoms with Crippen LogP contribution in [0.4, 0.5) is 5.82 Å². The van der Waals surface area contributed by atoms with Crippen molar-refractivity contribution >= 4 is 5.82 Å². The Balaban J connectivity index is 1.78. The molecule has 0 saturated carbocycles. The highest BCUT2D eigenvalue weighted by molar-refractivity contribution is 5.38. The Morgan fingerprint density at radius 1 is 1.29 bits per heavy atom. The Labute approximate surface area is 124 Å². The lowest BCUT2D eigenvalue weighted by molar-refractivity contribution is 0.143. The summed E-state index contributed by atoms with van der Waals surface area (Å²) >= 11 is 0. The second-order valence-corrected chi connectivity index (χ2v) is 4.56. The average Bonchev–Trinajstić information content (AvgIpc) is 2.97. The standard InChI is InChI=1S/C14H21N5O2/c1-12-17-13(10-14(18-12)21-9-8-20-2)16-4-3-6-19-7-5-15-11-19/h5,7,10-11H,3-4,6,8-9H2,1-2H3,(H,16,17,18). The lowest BCUT2D eigenvalue weighted by Gasteiger charge is -2.09. The van der Waals surface area contributed by atoms with Crippen LogP contribution in [-0.2, 0) is 11.3 Å². The zero-order valence-corrected chi connectivity index (χ0v) is 12.5. The minimum absolute atomic E-state index is 0.479. The van der Waals surface area contributed by atoms with Gasteiger partial charge in [0, 0.05) is 38.7 Å². The summed E-state index contributed by atoms with van der Waals surface area (Å²) in [6, 6.07) is 1.81. The van der Waals surface area contributed by atoms with E-state index in [1.807, 2.05) is 24.0 Å². The monoisotopic (exact) mass is 291 g/mol. The van der Waals surface area contributed by atoms with Crippen molar-refractivity contribution in [2.75, 3.05) is 32.2 Å². The number of imidazole rings is 1. The molecule has 21 heavy (non-hydrogen) atoms. The molecule has 0 saturated heterocycles. The molecule has 0 amide bonds. The number of hydrogen-bond acceptors (Lipinski definition) is 6. The van der Waals surface area contributed by atoms with Crippen molar-refractivity contribution in [3.8, 4) is 5.88 Å². The number of aryl methyl sites for hydroxylation is 2. The largest absolute Gasteiger partial charge is 0.475 e. The topological polar surface area (TPSA) is 74.1 Å². The number of rotatable bonds is 9. The minimum atomic E-state index is 0.479. The molecule has 0 aliphatic carbocycles. The van der Waals surface area contributed by atoms with Crippen molar-refractivity contribution in [2.24, 2.45) is 0 Å². The molecule has 0 aromatic carbocycles. The summed E-state index contributed by atoms with van der Waals surface area (Å²) in [5, 5.41) is 3.28. The molecular weight excluding hydrogens is 270 g/mol. The smallest absolute Gasteiger partial charge is 0.218 e. The highest BCUT2D eigenvalue weighted by Gasteiger charge is 2.02. The number of nitrogens with one attached hydrogen (secondary N) is 1. The number of aromatic nitrogens is 4. The van der Waals surface area contributed by atoms with Gasteiger partial charge in [0.05, 0.1) is 12.9 Å². The van der Waals surface area contributed by atoms with Crippen molar-refractivity contribution in [3.05, 3.63) is 30.6 Å². The average molecular weight is 291 g/mol. The molecule has 2 aromatic heterocycles. The maximum atomic E-state index is 5.50. The fourth-order valence-corrected chi connectivity index (χ4v) is 1.83. The number of anilines is 1. The maximum Gasteiger partial charge on any atom is 0.218 e. The Bertz CT molecular complexity index is 530. The van der Waals surface area contributed by atoms with Gasteiger partial charge in [-0.25, -0.2) is 9.97 Å². The first-order valence-corrected chi connectivity index (χ1v) is 6.95. The van der Waals surface area contributed by atoms with E-state index in [1.54, 1.807) is 19.4 Å². The summed E-state index contributed by atoms with van der Waals surface area (Å²) in [6.07, 6.45) is 6.54. The van der Waals surface area contributed by atoms with Crippen LogP contribution >= 0.6 is 0 Å². The molecule has 7 nitrogen and oxygen atoms in total. The van der Waals surface area contributed by atoms with E-state index < -0.39 is 0 Å². The molecule has 1 N–H and O–H groups in total. The van der Waals surface area contributed by atoms with Crippen molar-refractivity contribution in [2.45, 2.75) is 19.9 Å². The first kappa shape index (κ1) is 15.2. The van der Waals surface area contributed by atoms with Crippen LogP contribution in [0, 0.1) is 6.92 Å². The molecule has 2 rings (SSSR count). The SMILES string of the molecule is COCCOc1cc(NCCCn2ccnc2)nc(C)n1. The third-order valence-corrected chi connectivity index (χ3v) is 2.81. The van der Waals surface area contributed by atoms with Crippen LogP contribution in [0.15, 0.2) is 24.8 Å². The molecule has 0 fully saturated rings. The van der Waals surface area contributed by atoms with Crippen LogP contribution in [-0.4, -0.2) is 46.4 Å². The molecule has 7 heteroatoms. The van der Waals surface area contributed by atoms with E-state index in [9.17, 15) is 0 Å². The van der Waals surface area contributed by atoms with E-state index in [1.165, 1.54) is 0 Å². The predicted molar refractivity (Wildman–Crippen MR) is 79.5 cm³/mol. The van der Waals surface area contributed by atoms with Gasteiger partial charge in [0.1, 0.15) is 18.2 Å². The first-order valence-electron chi connectivity index (χ1n) is 6.95. The van der Waals surface area contributed by atoms with Crippen molar-refractivity contribution < 1.29 is 9.47 Å². The van der Waals surface area contributed by atoms with Gasteiger partial charge >= 0.3 is 0 Å². The van der Waals surface area contributed by atoms with Crippen LogP contribution in [0.2, 0.25) is 0 Å². The summed E-state index contributed by atoms with van der Waals surface area (Å²) in [4.78, 5) is 12.6. The Morgan fingerprint density at radius 2 is 2.19 bits per heavy atom. The highest BCUT2D eigenvalue weighted by atomic mass is 16.5. The van der Waals surface area contributed by atoms with Gasteiger partial charge in [0.2, 0.25) is 5.88 Å². The lowest BCUT2D eigenvalue weighted by Crippen LogP contribution is -2.10. The molecule has 0 aliphatic heterocycles. The van der Waals surface area contributed by atoms with Gasteiger partial charge in [-0.3, -0.25) is 0 Å². The van der Waals surface area contributed by atoms with E-state index in [0.717, 1.165) is 25.3 Å². The summed E-state index contributed by atoms with van der Waals surface area (Å²) in [7, 11) is 1.64. The molecule has 0 spiro atoms. The lowest BCUT2D eigenvalue weighted by atomic mass is 10.4. The first-order chi connectivity index (χ1) is 10.3. The van der Waals surface area contributed by atoms with E-state index in [0.29, 0.717) is 24.9 Å². The van der Waals surface area contributed by atoms with Crippen LogP contribution in [0.25, 0.3) is 0 Å². The molecule has 2 heterocycles. The van der Waals surface area contributed by atoms with Gasteiger partial charge in [-0.05, 0) is 13.3 Å². The van der Waals surface area contributed by atoms with Gasteiger partial charge in [0.15, 0.2) is 0 Å². The van der Waals surface area contributed by atoms with Gasteiger partial charge in [-0.2, -0.15) is 4.98 Å². The Kier molecular flexibility index (Phi) is 5.96. The zero-order chi connectivity index (χ0) is 14.9. The molecule has 0 bridgehead atoms. The summed E-state index contributed by atoms with van der Waals surface area (Å²) < 4.78 is 12.5. The highest BCUT2D eigenvalue weighted by Crippen LogP contribution is 2.13. The van der Waals surface area contributed by atoms with Crippen LogP contribution in [0.1, 0.15) is 12.2 Å². The summed E-state index contributed by atoms with van der Waals surface area (Å²) in [5.74, 6) is 2.03. The number of nitrogens with zero attached hydrogens (tertiary/aromatic N) is 4. The van der Waals surface area contributed by atoms with E-state index in [-0.39, 0.29) is 0 Å². The van der Waals surface area contributed by atoms with Crippen LogP contribution in [0.3, 0.4) is 0 Å². The van der Waals surface area contributed by atoms with Crippen LogP contribution in [0.5, 0.6) is 5.88 Å². The van der Waals surface area contributed by atoms with E-state index in [4.69, 9.17) is 9.47 Å². The maximum absolute atomic E-state index is 5.50. The number of ether oxygens (including phenoxy) is 2. The summed E-state index contributed by atoms with van der Waals surface area (Å²) in [5.41, 5.74) is 0. The number of methoxy groups -OCH3 is 1. The van der Waals surface area contributed by atoms with Crippen LogP contribution < -0.4 is 10.1 Å². The van der Waals surface area contributed by atoms with Gasteiger partial charge < -0.3 is 19.4 Å². The molecule has 114 valence electrons. The van der Waals surface area contributed by atoms with E-state index in [2.05, 4.69) is 20.3 Å². The molecule has 0 aliphatic rings. The van der Waals surface area contributed by atoms with Gasteiger partial charge in [0.25, 0.3) is 0 Å². The quantitative estimate of drug-likeness (QED) is 0.706. The second-order valence-electron chi connectivity index (χ2n) is 4.56. The zero-order valence-electron chi connectivity index (χ0n) is 12.5. The molecule has 0 radical (unpaired) electrons. The third kappa shape index (κ3) is 5.39. The Hall–Kier alpha value is -2.15. The van der Waals surface area contributed by atoms with Crippen molar-refractivity contribution in [1.82, 2.24) is 19.5 Å². The second kappa shape index (κ2) is 8.21. The number of hydrogen-bond donors (Lipinski definition) is 1. The third-order valence-electron chi connectivity index (χ3n) is 2.81. The molecule has 2 aromatic rings. The fraction of sp³-hybridized carbons (Fsp3) is 0.500. The predicted octanol–water partition coefficient (Wildman–Crippen LogP) is 1.51. The fourth-order valence-electron chi connectivity index (χ4n) is 1.83. The van der Waals surface area contributed by atoms with E-state index >= 15 is 0 Å². The van der Waals surface area contributed by atoms with Gasteiger partial charge in [-0.1, -0.05) is 0 Å². The normalized spacial score (nSPS) is 10.6. The molecule has 0 atom stereocenters. The summed E-state index contributed by atoms with van der Waals surface area (Å²) in [6.45, 7) is 4.62. The van der Waals surface area contributed by atoms with Crippen molar-refractivity contribution in [1.29, 1.82) is 0 Å². The molecule has 0 unspecified atom stereocenters. The minimum Gasteiger partial charge on any atom is -0.475 e. The molecular formula is C14H21N5O2. The van der Waals surface area contributed by atoms with Gasteiger partial charge in [-0.15, -0.1) is 0 Å². The van der Waals surface area contributed by atoms with Crippen molar-refractivity contribution in [3.63, 3.8) is 0 Å².